The molecule has 0 aliphatic rings. The van der Waals surface area contributed by atoms with Gasteiger partial charge in [0.2, 0.25) is 0 Å². The highest BCUT2D eigenvalue weighted by molar-refractivity contribution is 5.91. The van der Waals surface area contributed by atoms with Crippen molar-refractivity contribution < 1.29 is 47.7 Å². The fourth-order valence-corrected chi connectivity index (χ4v) is 3.37. The quantitative estimate of drug-likeness (QED) is 0.251. The first-order chi connectivity index (χ1) is 18.2. The predicted molar refractivity (Wildman–Crippen MR) is 133 cm³/mol. The maximum atomic E-state index is 12.6. The van der Waals surface area contributed by atoms with Gasteiger partial charge in [-0.1, -0.05) is 36.4 Å². The monoisotopic (exact) mass is 526 g/mol. The average Bonchev–Trinajstić information content (AvgIpc) is 2.89. The van der Waals surface area contributed by atoms with Gasteiger partial charge in [-0.2, -0.15) is 0 Å². The lowest BCUT2D eigenvalue weighted by Crippen LogP contribution is -2.32. The van der Waals surface area contributed by atoms with Crippen LogP contribution in [0, 0.1) is 0 Å². The van der Waals surface area contributed by atoms with E-state index in [9.17, 15) is 28.8 Å². The summed E-state index contributed by atoms with van der Waals surface area (Å²) >= 11 is 0. The Bertz CT molecular complexity index is 1110. The number of Topliss-reactive ketones (excluding diaryl/α,β-unsaturated/α-hetero) is 2. The third kappa shape index (κ3) is 11.2. The molecule has 38 heavy (non-hydrogen) atoms. The van der Waals surface area contributed by atoms with E-state index in [4.69, 9.17) is 18.9 Å². The van der Waals surface area contributed by atoms with Gasteiger partial charge in [0.15, 0.2) is 11.9 Å². The molecule has 2 aromatic rings. The Hall–Kier alpha value is -4.34. The van der Waals surface area contributed by atoms with Crippen molar-refractivity contribution in [1.82, 2.24) is 0 Å². The number of esters is 4. The molecular formula is C28H30O10. The second kappa shape index (κ2) is 15.7. The lowest BCUT2D eigenvalue weighted by molar-refractivity contribution is -0.155. The number of benzene rings is 2. The molecule has 2 atom stereocenters. The Balaban J connectivity index is 1.83. The Labute approximate surface area is 220 Å². The van der Waals surface area contributed by atoms with Gasteiger partial charge in [0, 0.05) is 33.1 Å². The summed E-state index contributed by atoms with van der Waals surface area (Å²) in [6.07, 6.45) is -2.52. The third-order valence-electron chi connectivity index (χ3n) is 5.12. The van der Waals surface area contributed by atoms with E-state index in [0.29, 0.717) is 5.56 Å². The van der Waals surface area contributed by atoms with Gasteiger partial charge in [0.05, 0.1) is 11.1 Å². The highest BCUT2D eigenvalue weighted by Gasteiger charge is 2.25. The Kier molecular flexibility index (Phi) is 12.4. The van der Waals surface area contributed by atoms with Crippen molar-refractivity contribution in [2.45, 2.75) is 51.7 Å². The summed E-state index contributed by atoms with van der Waals surface area (Å²) in [5, 5.41) is 0. The fraction of sp³-hybridized carbons (Fsp3) is 0.357. The van der Waals surface area contributed by atoms with Gasteiger partial charge in [-0.25, -0.2) is 9.59 Å². The minimum Gasteiger partial charge on any atom is -0.458 e. The fourth-order valence-electron chi connectivity index (χ4n) is 3.37. The van der Waals surface area contributed by atoms with E-state index in [1.54, 1.807) is 60.7 Å². The molecule has 10 nitrogen and oxygen atoms in total. The molecule has 202 valence electrons. The van der Waals surface area contributed by atoms with Crippen LogP contribution in [0.3, 0.4) is 0 Å². The van der Waals surface area contributed by atoms with Crippen LogP contribution in [-0.2, 0) is 38.1 Å². The molecule has 2 unspecified atom stereocenters. The summed E-state index contributed by atoms with van der Waals surface area (Å²) in [5.74, 6) is -3.48. The van der Waals surface area contributed by atoms with E-state index >= 15 is 0 Å². The maximum Gasteiger partial charge on any atom is 0.338 e. The van der Waals surface area contributed by atoms with Crippen LogP contribution in [0.25, 0.3) is 0 Å². The van der Waals surface area contributed by atoms with Crippen LogP contribution >= 0.6 is 0 Å². The van der Waals surface area contributed by atoms with E-state index in [1.807, 2.05) is 0 Å². The van der Waals surface area contributed by atoms with Gasteiger partial charge in [0.25, 0.3) is 0 Å². The molecule has 0 N–H and O–H groups in total. The minimum absolute atomic E-state index is 0.0350. The zero-order chi connectivity index (χ0) is 27.9. The van der Waals surface area contributed by atoms with Crippen LogP contribution in [0.2, 0.25) is 0 Å². The average molecular weight is 527 g/mol. The molecule has 0 saturated heterocycles. The largest absolute Gasteiger partial charge is 0.458 e. The minimum atomic E-state index is -1.30. The number of ketones is 2. The van der Waals surface area contributed by atoms with Gasteiger partial charge in [-0.15, -0.1) is 0 Å². The predicted octanol–water partition coefficient (Wildman–Crippen LogP) is 3.26. The molecule has 2 aromatic carbocycles. The number of ether oxygens (including phenoxy) is 4. The molecule has 0 aromatic heterocycles. The van der Waals surface area contributed by atoms with E-state index < -0.39 is 48.5 Å². The second-order valence-electron chi connectivity index (χ2n) is 8.32. The zero-order valence-electron chi connectivity index (χ0n) is 21.3. The van der Waals surface area contributed by atoms with Crippen LogP contribution in [-0.4, -0.2) is 60.9 Å². The Morgan fingerprint density at radius 2 is 1.16 bits per heavy atom. The van der Waals surface area contributed by atoms with Gasteiger partial charge in [-0.05, 0) is 30.7 Å². The van der Waals surface area contributed by atoms with Crippen molar-refractivity contribution in [1.29, 1.82) is 0 Å². The molecule has 0 heterocycles. The smallest absolute Gasteiger partial charge is 0.338 e. The first-order valence-electron chi connectivity index (χ1n) is 12.0. The first-order valence-corrected chi connectivity index (χ1v) is 12.0. The van der Waals surface area contributed by atoms with Crippen LogP contribution < -0.4 is 0 Å². The van der Waals surface area contributed by atoms with Crippen LogP contribution in [0.5, 0.6) is 0 Å². The van der Waals surface area contributed by atoms with E-state index in [-0.39, 0.29) is 43.6 Å². The molecule has 0 aliphatic carbocycles. The van der Waals surface area contributed by atoms with E-state index in [1.165, 1.54) is 6.92 Å². The van der Waals surface area contributed by atoms with Crippen molar-refractivity contribution in [2.24, 2.45) is 0 Å². The lowest BCUT2D eigenvalue weighted by Gasteiger charge is -2.17. The molecule has 0 fully saturated rings. The van der Waals surface area contributed by atoms with Gasteiger partial charge >= 0.3 is 23.9 Å². The molecule has 0 radical (unpaired) electrons. The number of carbonyl (C=O) groups is 6. The Morgan fingerprint density at radius 3 is 1.66 bits per heavy atom. The number of carbonyl (C=O) groups excluding carboxylic acids is 6. The molecule has 0 aliphatic heterocycles. The van der Waals surface area contributed by atoms with Crippen LogP contribution in [0.15, 0.2) is 60.7 Å². The van der Waals surface area contributed by atoms with Crippen molar-refractivity contribution in [3.05, 3.63) is 71.8 Å². The summed E-state index contributed by atoms with van der Waals surface area (Å²) in [4.78, 5) is 72.1. The summed E-state index contributed by atoms with van der Waals surface area (Å²) in [6, 6.07) is 16.3. The Morgan fingerprint density at radius 1 is 0.658 bits per heavy atom. The van der Waals surface area contributed by atoms with Crippen molar-refractivity contribution in [3.63, 3.8) is 0 Å². The van der Waals surface area contributed by atoms with Crippen LogP contribution in [0.1, 0.15) is 60.2 Å². The number of hydrogen-bond donors (Lipinski definition) is 0. The maximum absolute atomic E-state index is 12.6. The van der Waals surface area contributed by atoms with E-state index in [2.05, 4.69) is 0 Å². The SMILES string of the molecule is CC(=O)OC(COC(=O)c1ccccc1)CC(=O)CCCC(=O)C(COC(=O)c1ccccc1)OC(C)=O. The highest BCUT2D eigenvalue weighted by atomic mass is 16.6. The summed E-state index contributed by atoms with van der Waals surface area (Å²) < 4.78 is 20.4. The normalized spacial score (nSPS) is 11.9. The summed E-state index contributed by atoms with van der Waals surface area (Å²) in [6.45, 7) is 1.54. The third-order valence-corrected chi connectivity index (χ3v) is 5.12. The van der Waals surface area contributed by atoms with Crippen molar-refractivity contribution in [2.75, 3.05) is 13.2 Å². The molecular weight excluding hydrogens is 496 g/mol. The van der Waals surface area contributed by atoms with Crippen molar-refractivity contribution in [3.8, 4) is 0 Å². The first kappa shape index (κ1) is 29.9. The summed E-state index contributed by atoms with van der Waals surface area (Å²) in [7, 11) is 0. The summed E-state index contributed by atoms with van der Waals surface area (Å²) in [5.41, 5.74) is 0.597. The topological polar surface area (TPSA) is 139 Å². The van der Waals surface area contributed by atoms with Crippen LogP contribution in [0.4, 0.5) is 0 Å². The lowest BCUT2D eigenvalue weighted by atomic mass is 10.0. The molecule has 0 bridgehead atoms. The standard InChI is InChI=1S/C28H30O10/c1-19(29)37-24(17-35-27(33)21-10-5-3-6-11-21)16-23(31)14-9-15-25(32)26(38-20(2)30)18-36-28(34)22-12-7-4-8-13-22/h3-8,10-13,24,26H,9,14-18H2,1-2H3. The van der Waals surface area contributed by atoms with Gasteiger partial charge < -0.3 is 18.9 Å². The molecule has 2 rings (SSSR count). The molecule has 0 saturated carbocycles. The number of hydrogen-bond acceptors (Lipinski definition) is 10. The number of rotatable bonds is 15. The molecule has 0 amide bonds. The molecule has 0 spiro atoms. The van der Waals surface area contributed by atoms with Gasteiger partial charge in [0.1, 0.15) is 25.1 Å². The van der Waals surface area contributed by atoms with E-state index in [0.717, 1.165) is 6.92 Å². The second-order valence-corrected chi connectivity index (χ2v) is 8.32. The highest BCUT2D eigenvalue weighted by Crippen LogP contribution is 2.11. The van der Waals surface area contributed by atoms with Crippen molar-refractivity contribution >= 4 is 35.4 Å². The van der Waals surface area contributed by atoms with Gasteiger partial charge in [-0.3, -0.25) is 19.2 Å². The zero-order valence-corrected chi connectivity index (χ0v) is 21.3. The molecule has 10 heteroatoms.